The molecule has 0 spiro atoms. The molecule has 2 atom stereocenters. The Kier molecular flexibility index (Phi) is 8.25. The van der Waals surface area contributed by atoms with Crippen LogP contribution in [0.15, 0.2) is 29.3 Å². The van der Waals surface area contributed by atoms with Crippen LogP contribution >= 0.6 is 0 Å². The monoisotopic (exact) mass is 406 g/mol. The molecule has 160 valence electrons. The van der Waals surface area contributed by atoms with E-state index in [1.165, 1.54) is 12.1 Å². The van der Waals surface area contributed by atoms with Gasteiger partial charge in [-0.05, 0) is 37.5 Å². The number of halogens is 1. The first-order valence-corrected chi connectivity index (χ1v) is 10.4. The average molecular weight is 407 g/mol. The maximum atomic E-state index is 13.2. The Hall–Kier alpha value is -2.19. The van der Waals surface area contributed by atoms with Crippen LogP contribution in [0.2, 0.25) is 0 Å². The van der Waals surface area contributed by atoms with Crippen LogP contribution in [-0.4, -0.2) is 74.9 Å². The predicted octanol–water partition coefficient (Wildman–Crippen LogP) is 1.33. The summed E-state index contributed by atoms with van der Waals surface area (Å²) in [5.41, 5.74) is 0.660. The van der Waals surface area contributed by atoms with E-state index in [9.17, 15) is 9.18 Å². The Balaban J connectivity index is 1.46. The number of morpholine rings is 1. The van der Waals surface area contributed by atoms with Crippen LogP contribution in [0, 0.1) is 5.82 Å². The van der Waals surface area contributed by atoms with Gasteiger partial charge >= 0.3 is 0 Å². The Bertz CT molecular complexity index is 694. The topological polar surface area (TPSA) is 75.2 Å². The molecule has 0 saturated carbocycles. The summed E-state index contributed by atoms with van der Waals surface area (Å²) in [6.07, 6.45) is 2.54. The largest absolute Gasteiger partial charge is 0.375 e. The highest BCUT2D eigenvalue weighted by Gasteiger charge is 2.32. The molecular formula is C21H31FN4O3. The normalized spacial score (nSPS) is 22.6. The number of hydrogen-bond acceptors (Lipinski definition) is 4. The zero-order valence-corrected chi connectivity index (χ0v) is 17.0. The fourth-order valence-electron chi connectivity index (χ4n) is 3.67. The summed E-state index contributed by atoms with van der Waals surface area (Å²) in [6.45, 7) is 6.71. The van der Waals surface area contributed by atoms with Gasteiger partial charge in [0.25, 0.3) is 0 Å². The highest BCUT2D eigenvalue weighted by molar-refractivity contribution is 5.80. The van der Waals surface area contributed by atoms with Gasteiger partial charge in [0.15, 0.2) is 5.96 Å². The Labute approximate surface area is 171 Å². The minimum atomic E-state index is -0.331. The number of hydrogen-bond donors (Lipinski definition) is 2. The molecule has 0 aromatic heterocycles. The number of amides is 1. The van der Waals surface area contributed by atoms with Crippen LogP contribution in [0.1, 0.15) is 25.3 Å². The van der Waals surface area contributed by atoms with E-state index in [1.54, 1.807) is 12.1 Å². The summed E-state index contributed by atoms with van der Waals surface area (Å²) in [6, 6.07) is 6.10. The van der Waals surface area contributed by atoms with Gasteiger partial charge in [0.05, 0.1) is 25.7 Å². The molecule has 1 aromatic carbocycles. The molecule has 2 heterocycles. The molecule has 1 aromatic rings. The number of benzene rings is 1. The third-order valence-corrected chi connectivity index (χ3v) is 5.06. The van der Waals surface area contributed by atoms with Crippen LogP contribution in [0.25, 0.3) is 0 Å². The SMILES string of the molecule is CCNC(=NCCNC(=O)Cc1cccc(F)c1)N1CCOC(C2CCCO2)C1. The first-order chi connectivity index (χ1) is 14.2. The summed E-state index contributed by atoms with van der Waals surface area (Å²) in [7, 11) is 0. The van der Waals surface area contributed by atoms with Gasteiger partial charge in [-0.25, -0.2) is 4.39 Å². The van der Waals surface area contributed by atoms with Crippen LogP contribution in [0.5, 0.6) is 0 Å². The van der Waals surface area contributed by atoms with Crippen LogP contribution in [-0.2, 0) is 20.7 Å². The molecule has 0 aliphatic carbocycles. The molecule has 3 rings (SSSR count). The average Bonchev–Trinajstić information content (AvgIpc) is 3.25. The number of ether oxygens (including phenoxy) is 2. The summed E-state index contributed by atoms with van der Waals surface area (Å²) >= 11 is 0. The standard InChI is InChI=1S/C21H31FN4O3/c1-2-23-21(26-10-12-29-19(15-26)18-7-4-11-28-18)25-9-8-24-20(27)14-16-5-3-6-17(22)13-16/h3,5-6,13,18-19H,2,4,7-12,14-15H2,1H3,(H,23,25)(H,24,27). The minimum absolute atomic E-state index is 0.0704. The fraction of sp³-hybridized carbons (Fsp3) is 0.619. The van der Waals surface area contributed by atoms with Crippen LogP contribution < -0.4 is 10.6 Å². The number of rotatable bonds is 7. The van der Waals surface area contributed by atoms with Crippen molar-refractivity contribution in [3.8, 4) is 0 Å². The van der Waals surface area contributed by atoms with Gasteiger partial charge in [0.1, 0.15) is 11.9 Å². The minimum Gasteiger partial charge on any atom is -0.375 e. The quantitative estimate of drug-likeness (QED) is 0.406. The van der Waals surface area contributed by atoms with Crippen molar-refractivity contribution in [1.82, 2.24) is 15.5 Å². The van der Waals surface area contributed by atoms with Crippen molar-refractivity contribution in [1.29, 1.82) is 0 Å². The summed E-state index contributed by atoms with van der Waals surface area (Å²) < 4.78 is 24.9. The first kappa shape index (κ1) is 21.5. The van der Waals surface area contributed by atoms with E-state index in [2.05, 4.69) is 20.5 Å². The molecule has 2 saturated heterocycles. The summed E-state index contributed by atoms with van der Waals surface area (Å²) in [5, 5.41) is 6.17. The molecule has 2 aliphatic heterocycles. The van der Waals surface area contributed by atoms with Crippen LogP contribution in [0.3, 0.4) is 0 Å². The Morgan fingerprint density at radius 1 is 1.28 bits per heavy atom. The molecule has 29 heavy (non-hydrogen) atoms. The zero-order valence-electron chi connectivity index (χ0n) is 17.0. The van der Waals surface area contributed by atoms with Crippen molar-refractivity contribution < 1.29 is 18.7 Å². The van der Waals surface area contributed by atoms with E-state index < -0.39 is 0 Å². The second kappa shape index (κ2) is 11.1. The summed E-state index contributed by atoms with van der Waals surface area (Å²) in [5.74, 6) is 0.362. The third-order valence-electron chi connectivity index (χ3n) is 5.06. The number of guanidine groups is 1. The molecule has 2 N–H and O–H groups in total. The maximum absolute atomic E-state index is 13.2. The van der Waals surface area contributed by atoms with E-state index in [0.717, 1.165) is 45.0 Å². The molecular weight excluding hydrogens is 375 g/mol. The van der Waals surface area contributed by atoms with E-state index in [0.29, 0.717) is 25.3 Å². The number of carbonyl (C=O) groups excluding carboxylic acids is 1. The van der Waals surface area contributed by atoms with Gasteiger partial charge in [-0.2, -0.15) is 0 Å². The predicted molar refractivity (Wildman–Crippen MR) is 109 cm³/mol. The van der Waals surface area contributed by atoms with Crippen LogP contribution in [0.4, 0.5) is 4.39 Å². The molecule has 8 heteroatoms. The Morgan fingerprint density at radius 3 is 2.90 bits per heavy atom. The van der Waals surface area contributed by atoms with Crippen molar-refractivity contribution in [2.45, 2.75) is 38.4 Å². The lowest BCUT2D eigenvalue weighted by atomic mass is 10.1. The maximum Gasteiger partial charge on any atom is 0.224 e. The van der Waals surface area contributed by atoms with Gasteiger partial charge in [-0.3, -0.25) is 9.79 Å². The van der Waals surface area contributed by atoms with Crippen molar-refractivity contribution >= 4 is 11.9 Å². The van der Waals surface area contributed by atoms with E-state index >= 15 is 0 Å². The zero-order chi connectivity index (χ0) is 20.5. The lowest BCUT2D eigenvalue weighted by Gasteiger charge is -2.37. The van der Waals surface area contributed by atoms with E-state index in [1.807, 2.05) is 6.92 Å². The third kappa shape index (κ3) is 6.68. The van der Waals surface area contributed by atoms with Gasteiger partial charge in [-0.15, -0.1) is 0 Å². The lowest BCUT2D eigenvalue weighted by Crippen LogP contribution is -2.53. The van der Waals surface area contributed by atoms with Crippen molar-refractivity contribution in [2.24, 2.45) is 4.99 Å². The van der Waals surface area contributed by atoms with E-state index in [4.69, 9.17) is 9.47 Å². The van der Waals surface area contributed by atoms with Crippen molar-refractivity contribution in [3.63, 3.8) is 0 Å². The second-order valence-corrected chi connectivity index (χ2v) is 7.30. The highest BCUT2D eigenvalue weighted by atomic mass is 19.1. The van der Waals surface area contributed by atoms with Crippen molar-refractivity contribution in [3.05, 3.63) is 35.6 Å². The van der Waals surface area contributed by atoms with Gasteiger partial charge in [-0.1, -0.05) is 12.1 Å². The second-order valence-electron chi connectivity index (χ2n) is 7.30. The van der Waals surface area contributed by atoms with Gasteiger partial charge in [0, 0.05) is 32.8 Å². The lowest BCUT2D eigenvalue weighted by molar-refractivity contribution is -0.120. The Morgan fingerprint density at radius 2 is 2.14 bits per heavy atom. The van der Waals surface area contributed by atoms with Gasteiger partial charge in [0.2, 0.25) is 5.91 Å². The number of nitrogens with zero attached hydrogens (tertiary/aromatic N) is 2. The molecule has 0 radical (unpaired) electrons. The molecule has 7 nitrogen and oxygen atoms in total. The number of aliphatic imine (C=N–C) groups is 1. The number of carbonyl (C=O) groups is 1. The first-order valence-electron chi connectivity index (χ1n) is 10.4. The smallest absolute Gasteiger partial charge is 0.224 e. The fourth-order valence-corrected chi connectivity index (χ4v) is 3.67. The number of nitrogens with one attached hydrogen (secondary N) is 2. The summed E-state index contributed by atoms with van der Waals surface area (Å²) in [4.78, 5) is 18.9. The molecule has 2 fully saturated rings. The van der Waals surface area contributed by atoms with Gasteiger partial charge < -0.3 is 25.0 Å². The highest BCUT2D eigenvalue weighted by Crippen LogP contribution is 2.21. The molecule has 1 amide bonds. The van der Waals surface area contributed by atoms with Crippen molar-refractivity contribution in [2.75, 3.05) is 45.9 Å². The molecule has 2 unspecified atom stereocenters. The molecule has 2 aliphatic rings. The molecule has 0 bridgehead atoms. The van der Waals surface area contributed by atoms with E-state index in [-0.39, 0.29) is 30.4 Å².